The highest BCUT2D eigenvalue weighted by Crippen LogP contribution is 2.40. The van der Waals surface area contributed by atoms with Crippen molar-refractivity contribution < 1.29 is 0 Å². The van der Waals surface area contributed by atoms with Gasteiger partial charge in [0.2, 0.25) is 0 Å². The van der Waals surface area contributed by atoms with E-state index in [1.165, 1.54) is 10.1 Å². The summed E-state index contributed by atoms with van der Waals surface area (Å²) < 4.78 is 3.00. The molecule has 4 nitrogen and oxygen atoms in total. The Hall–Kier alpha value is -2.66. The van der Waals surface area contributed by atoms with Crippen molar-refractivity contribution >= 4 is 21.4 Å². The largest absolute Gasteiger partial charge is 0.337 e. The number of benzene rings is 1. The fourth-order valence-corrected chi connectivity index (χ4v) is 4.04. The van der Waals surface area contributed by atoms with Gasteiger partial charge in [0.1, 0.15) is 5.82 Å². The Balaban J connectivity index is 2.05. The second-order valence-electron chi connectivity index (χ2n) is 7.13. The molecule has 4 rings (SSSR count). The van der Waals surface area contributed by atoms with Crippen LogP contribution in [0.5, 0.6) is 0 Å². The predicted octanol–water partition coefficient (Wildman–Crippen LogP) is 4.84. The summed E-state index contributed by atoms with van der Waals surface area (Å²) in [6, 6.07) is 12.4. The first-order chi connectivity index (χ1) is 12.0. The fourth-order valence-electron chi connectivity index (χ4n) is 3.09. The standard InChI is InChI=1S/C20H20N4S/c1-20(2,3)19-23-17(13-8-10-22-11-9-13)18(24(19)21)15-12-25-16-7-5-4-6-14(15)16/h4-12H,21H2,1-3H3. The van der Waals surface area contributed by atoms with Gasteiger partial charge in [-0.15, -0.1) is 11.3 Å². The maximum absolute atomic E-state index is 6.55. The third-order valence-electron chi connectivity index (χ3n) is 4.27. The van der Waals surface area contributed by atoms with Crippen LogP contribution < -0.4 is 5.84 Å². The number of imidazole rings is 1. The molecule has 0 aliphatic carbocycles. The van der Waals surface area contributed by atoms with Crippen LogP contribution in [0.4, 0.5) is 0 Å². The van der Waals surface area contributed by atoms with Crippen molar-refractivity contribution in [3.8, 4) is 22.5 Å². The van der Waals surface area contributed by atoms with Gasteiger partial charge in [0, 0.05) is 44.4 Å². The van der Waals surface area contributed by atoms with E-state index in [0.29, 0.717) is 0 Å². The molecule has 0 saturated carbocycles. The van der Waals surface area contributed by atoms with E-state index in [0.717, 1.165) is 28.3 Å². The monoisotopic (exact) mass is 348 g/mol. The highest BCUT2D eigenvalue weighted by atomic mass is 32.1. The van der Waals surface area contributed by atoms with E-state index in [4.69, 9.17) is 10.8 Å². The van der Waals surface area contributed by atoms with Crippen LogP contribution in [0.2, 0.25) is 0 Å². The maximum Gasteiger partial charge on any atom is 0.133 e. The topological polar surface area (TPSA) is 56.7 Å². The Morgan fingerprint density at radius 1 is 1.04 bits per heavy atom. The van der Waals surface area contributed by atoms with E-state index < -0.39 is 0 Å². The van der Waals surface area contributed by atoms with Crippen molar-refractivity contribution in [3.05, 3.63) is 60.0 Å². The van der Waals surface area contributed by atoms with E-state index in [9.17, 15) is 0 Å². The van der Waals surface area contributed by atoms with Crippen LogP contribution in [0.25, 0.3) is 32.6 Å². The SMILES string of the molecule is CC(C)(C)c1nc(-c2ccncc2)c(-c2csc3ccccc23)n1N. The number of nitrogen functional groups attached to an aromatic ring is 1. The molecule has 4 aromatic rings. The minimum absolute atomic E-state index is 0.152. The first kappa shape index (κ1) is 15.8. The molecule has 0 radical (unpaired) electrons. The van der Waals surface area contributed by atoms with Gasteiger partial charge in [0.25, 0.3) is 0 Å². The quantitative estimate of drug-likeness (QED) is 0.527. The molecule has 0 aliphatic rings. The van der Waals surface area contributed by atoms with Gasteiger partial charge >= 0.3 is 0 Å². The number of thiophene rings is 1. The Bertz CT molecular complexity index is 1040. The number of fused-ring (bicyclic) bond motifs is 1. The van der Waals surface area contributed by atoms with Gasteiger partial charge in [-0.2, -0.15) is 0 Å². The third kappa shape index (κ3) is 2.61. The molecule has 0 spiro atoms. The number of aromatic nitrogens is 3. The molecule has 5 heteroatoms. The molecule has 2 N–H and O–H groups in total. The summed E-state index contributed by atoms with van der Waals surface area (Å²) in [4.78, 5) is 9.06. The van der Waals surface area contributed by atoms with Crippen molar-refractivity contribution in [2.24, 2.45) is 0 Å². The molecular formula is C20H20N4S. The van der Waals surface area contributed by atoms with Crippen LogP contribution in [0.3, 0.4) is 0 Å². The zero-order valence-corrected chi connectivity index (χ0v) is 15.3. The molecule has 0 aliphatic heterocycles. The molecule has 3 aromatic heterocycles. The van der Waals surface area contributed by atoms with Crippen molar-refractivity contribution in [3.63, 3.8) is 0 Å². The van der Waals surface area contributed by atoms with Gasteiger partial charge in [0.15, 0.2) is 0 Å². The summed E-state index contributed by atoms with van der Waals surface area (Å²) >= 11 is 1.73. The first-order valence-corrected chi connectivity index (χ1v) is 9.10. The smallest absolute Gasteiger partial charge is 0.133 e. The Kier molecular flexibility index (Phi) is 3.62. The Labute approximate surface area is 150 Å². The molecule has 0 fully saturated rings. The van der Waals surface area contributed by atoms with Crippen LogP contribution >= 0.6 is 11.3 Å². The number of pyridine rings is 1. The van der Waals surface area contributed by atoms with Crippen molar-refractivity contribution in [2.45, 2.75) is 26.2 Å². The molecule has 126 valence electrons. The summed E-state index contributed by atoms with van der Waals surface area (Å²) in [5.41, 5.74) is 3.85. The first-order valence-electron chi connectivity index (χ1n) is 8.22. The molecule has 3 heterocycles. The summed E-state index contributed by atoms with van der Waals surface area (Å²) in [5.74, 6) is 7.42. The van der Waals surface area contributed by atoms with E-state index in [1.54, 1.807) is 28.4 Å². The van der Waals surface area contributed by atoms with E-state index in [2.05, 4.69) is 55.4 Å². The maximum atomic E-state index is 6.55. The van der Waals surface area contributed by atoms with Gasteiger partial charge in [0.05, 0.1) is 11.4 Å². The second kappa shape index (κ2) is 5.70. The minimum Gasteiger partial charge on any atom is -0.337 e. The Morgan fingerprint density at radius 3 is 2.48 bits per heavy atom. The van der Waals surface area contributed by atoms with E-state index in [1.807, 2.05) is 12.1 Å². The summed E-state index contributed by atoms with van der Waals surface area (Å²) in [6.07, 6.45) is 3.58. The lowest BCUT2D eigenvalue weighted by molar-refractivity contribution is 0.531. The predicted molar refractivity (Wildman–Crippen MR) is 105 cm³/mol. The molecule has 0 bridgehead atoms. The second-order valence-corrected chi connectivity index (χ2v) is 8.05. The van der Waals surface area contributed by atoms with Gasteiger partial charge in [-0.3, -0.25) is 4.98 Å². The number of hydrogen-bond acceptors (Lipinski definition) is 4. The molecule has 25 heavy (non-hydrogen) atoms. The highest BCUT2D eigenvalue weighted by Gasteiger charge is 2.27. The van der Waals surface area contributed by atoms with Gasteiger partial charge in [-0.1, -0.05) is 39.0 Å². The fraction of sp³-hybridized carbons (Fsp3) is 0.200. The van der Waals surface area contributed by atoms with E-state index >= 15 is 0 Å². The van der Waals surface area contributed by atoms with Gasteiger partial charge < -0.3 is 5.84 Å². The Morgan fingerprint density at radius 2 is 1.76 bits per heavy atom. The lowest BCUT2D eigenvalue weighted by Gasteiger charge is -2.17. The van der Waals surface area contributed by atoms with Crippen molar-refractivity contribution in [2.75, 3.05) is 5.84 Å². The van der Waals surface area contributed by atoms with Crippen LogP contribution in [-0.4, -0.2) is 14.6 Å². The highest BCUT2D eigenvalue weighted by molar-refractivity contribution is 7.17. The number of nitrogens with zero attached hydrogens (tertiary/aromatic N) is 3. The normalized spacial score (nSPS) is 12.0. The average Bonchev–Trinajstić information content (AvgIpc) is 3.16. The lowest BCUT2D eigenvalue weighted by Crippen LogP contribution is -2.24. The van der Waals surface area contributed by atoms with Gasteiger partial charge in [-0.05, 0) is 18.2 Å². The lowest BCUT2D eigenvalue weighted by atomic mass is 9.96. The van der Waals surface area contributed by atoms with Gasteiger partial charge in [-0.25, -0.2) is 9.66 Å². The molecule has 0 amide bonds. The van der Waals surface area contributed by atoms with Crippen molar-refractivity contribution in [1.29, 1.82) is 0 Å². The average molecular weight is 348 g/mol. The van der Waals surface area contributed by atoms with Crippen LogP contribution in [0, 0.1) is 0 Å². The van der Waals surface area contributed by atoms with Crippen LogP contribution in [0.1, 0.15) is 26.6 Å². The summed E-state index contributed by atoms with van der Waals surface area (Å²) in [6.45, 7) is 6.39. The van der Waals surface area contributed by atoms with Crippen molar-refractivity contribution in [1.82, 2.24) is 14.6 Å². The molecular weight excluding hydrogens is 328 g/mol. The minimum atomic E-state index is -0.152. The zero-order valence-electron chi connectivity index (χ0n) is 14.5. The number of hydrogen-bond donors (Lipinski definition) is 1. The number of nitrogens with two attached hydrogens (primary N) is 1. The third-order valence-corrected chi connectivity index (χ3v) is 5.24. The molecule has 0 unspecified atom stereocenters. The van der Waals surface area contributed by atoms with Crippen LogP contribution in [0.15, 0.2) is 54.2 Å². The zero-order chi connectivity index (χ0) is 17.6. The molecule has 0 atom stereocenters. The molecule has 1 aromatic carbocycles. The number of rotatable bonds is 2. The summed E-state index contributed by atoms with van der Waals surface area (Å²) in [7, 11) is 0. The molecule has 0 saturated heterocycles. The van der Waals surface area contributed by atoms with Crippen LogP contribution in [-0.2, 0) is 5.41 Å². The van der Waals surface area contributed by atoms with E-state index in [-0.39, 0.29) is 5.41 Å². The summed E-state index contributed by atoms with van der Waals surface area (Å²) in [5, 5.41) is 3.37.